The highest BCUT2D eigenvalue weighted by molar-refractivity contribution is 7.98. The van der Waals surface area contributed by atoms with E-state index in [9.17, 15) is 0 Å². The number of hydrogen-bond acceptors (Lipinski definition) is 5. The van der Waals surface area contributed by atoms with Crippen LogP contribution in [0.1, 0.15) is 37.9 Å². The Balaban J connectivity index is 1.64. The Labute approximate surface area is 101 Å². The Morgan fingerprint density at radius 1 is 1.50 bits per heavy atom. The standard InChI is InChI=1S/C11H19N3OS/c1-2-7-16-8-10-13-11(15-14-10)5-6-12-9-3-4-9/h9,12H,2-8H2,1H3. The normalized spacial score (nSPS) is 15.6. The number of nitrogens with one attached hydrogen (secondary N) is 1. The highest BCUT2D eigenvalue weighted by atomic mass is 32.2. The molecule has 0 amide bonds. The molecule has 0 saturated heterocycles. The van der Waals surface area contributed by atoms with Crippen molar-refractivity contribution in [3.8, 4) is 0 Å². The predicted molar refractivity (Wildman–Crippen MR) is 65.5 cm³/mol. The molecule has 4 nitrogen and oxygen atoms in total. The van der Waals surface area contributed by atoms with Crippen molar-refractivity contribution in [3.05, 3.63) is 11.7 Å². The van der Waals surface area contributed by atoms with Gasteiger partial charge in [0.1, 0.15) is 0 Å². The molecule has 0 aromatic carbocycles. The maximum absolute atomic E-state index is 5.18. The minimum absolute atomic E-state index is 0.752. The van der Waals surface area contributed by atoms with Crippen molar-refractivity contribution >= 4 is 11.8 Å². The number of rotatable bonds is 8. The van der Waals surface area contributed by atoms with Crippen LogP contribution in [0.25, 0.3) is 0 Å². The van der Waals surface area contributed by atoms with Gasteiger partial charge in [0.2, 0.25) is 5.89 Å². The third-order valence-corrected chi connectivity index (χ3v) is 3.60. The molecule has 90 valence electrons. The van der Waals surface area contributed by atoms with Gasteiger partial charge in [0.15, 0.2) is 5.82 Å². The summed E-state index contributed by atoms with van der Waals surface area (Å²) in [5.41, 5.74) is 0. The molecule has 1 aromatic heterocycles. The predicted octanol–water partition coefficient (Wildman–Crippen LogP) is 2.01. The van der Waals surface area contributed by atoms with E-state index >= 15 is 0 Å². The SMILES string of the molecule is CCCSCc1noc(CCNC2CC2)n1. The summed E-state index contributed by atoms with van der Waals surface area (Å²) in [5, 5.41) is 7.40. The van der Waals surface area contributed by atoms with Gasteiger partial charge >= 0.3 is 0 Å². The fraction of sp³-hybridized carbons (Fsp3) is 0.818. The first-order valence-corrected chi connectivity index (χ1v) is 7.16. The highest BCUT2D eigenvalue weighted by Crippen LogP contribution is 2.18. The van der Waals surface area contributed by atoms with Crippen LogP contribution in [-0.2, 0) is 12.2 Å². The molecule has 0 radical (unpaired) electrons. The van der Waals surface area contributed by atoms with Crippen LogP contribution >= 0.6 is 11.8 Å². The molecule has 2 rings (SSSR count). The first-order valence-electron chi connectivity index (χ1n) is 6.01. The van der Waals surface area contributed by atoms with Crippen LogP contribution in [0.3, 0.4) is 0 Å². The molecule has 0 bridgehead atoms. The smallest absolute Gasteiger partial charge is 0.227 e. The molecule has 0 atom stereocenters. The number of nitrogens with zero attached hydrogens (tertiary/aromatic N) is 2. The quantitative estimate of drug-likeness (QED) is 0.706. The summed E-state index contributed by atoms with van der Waals surface area (Å²) >= 11 is 1.86. The van der Waals surface area contributed by atoms with Gasteiger partial charge in [0.05, 0.1) is 5.75 Å². The minimum Gasteiger partial charge on any atom is -0.339 e. The lowest BCUT2D eigenvalue weighted by molar-refractivity contribution is 0.372. The van der Waals surface area contributed by atoms with Crippen molar-refractivity contribution in [3.63, 3.8) is 0 Å². The van der Waals surface area contributed by atoms with Crippen molar-refractivity contribution in [2.75, 3.05) is 12.3 Å². The van der Waals surface area contributed by atoms with Crippen LogP contribution < -0.4 is 5.32 Å². The summed E-state index contributed by atoms with van der Waals surface area (Å²) in [6, 6.07) is 0.752. The van der Waals surface area contributed by atoms with Crippen molar-refractivity contribution in [1.29, 1.82) is 0 Å². The van der Waals surface area contributed by atoms with Gasteiger partial charge in [-0.25, -0.2) is 0 Å². The monoisotopic (exact) mass is 241 g/mol. The third-order valence-electron chi connectivity index (χ3n) is 2.44. The van der Waals surface area contributed by atoms with E-state index in [1.165, 1.54) is 19.3 Å². The average Bonchev–Trinajstić information content (AvgIpc) is 2.99. The Kier molecular flexibility index (Phi) is 4.66. The molecule has 1 fully saturated rings. The van der Waals surface area contributed by atoms with Crippen molar-refractivity contribution < 1.29 is 4.52 Å². The van der Waals surface area contributed by atoms with Gasteiger partial charge in [0.25, 0.3) is 0 Å². The van der Waals surface area contributed by atoms with E-state index in [2.05, 4.69) is 22.4 Å². The lowest BCUT2D eigenvalue weighted by Crippen LogP contribution is -2.19. The fourth-order valence-electron chi connectivity index (χ4n) is 1.43. The number of thioether (sulfide) groups is 1. The summed E-state index contributed by atoms with van der Waals surface area (Å²) in [4.78, 5) is 4.36. The maximum atomic E-state index is 5.18. The zero-order valence-corrected chi connectivity index (χ0v) is 10.6. The molecule has 5 heteroatoms. The van der Waals surface area contributed by atoms with E-state index in [0.29, 0.717) is 0 Å². The minimum atomic E-state index is 0.752. The van der Waals surface area contributed by atoms with E-state index in [1.807, 2.05) is 11.8 Å². The molecule has 1 saturated carbocycles. The molecule has 16 heavy (non-hydrogen) atoms. The Hall–Kier alpha value is -0.550. The zero-order valence-electron chi connectivity index (χ0n) is 9.74. The van der Waals surface area contributed by atoms with Crippen LogP contribution in [0, 0.1) is 0 Å². The maximum Gasteiger partial charge on any atom is 0.227 e. The first-order chi connectivity index (χ1) is 7.88. The average molecular weight is 241 g/mol. The van der Waals surface area contributed by atoms with Crippen LogP contribution in [-0.4, -0.2) is 28.5 Å². The zero-order chi connectivity index (χ0) is 11.2. The van der Waals surface area contributed by atoms with Gasteiger partial charge in [-0.05, 0) is 25.0 Å². The fourth-order valence-corrected chi connectivity index (χ4v) is 2.16. The Morgan fingerprint density at radius 2 is 2.38 bits per heavy atom. The van der Waals surface area contributed by atoms with Crippen molar-refractivity contribution in [1.82, 2.24) is 15.5 Å². The van der Waals surface area contributed by atoms with Crippen LogP contribution in [0.15, 0.2) is 4.52 Å². The molecule has 1 aliphatic rings. The van der Waals surface area contributed by atoms with Gasteiger partial charge in [-0.15, -0.1) is 0 Å². The largest absolute Gasteiger partial charge is 0.339 e. The second kappa shape index (κ2) is 6.25. The van der Waals surface area contributed by atoms with Gasteiger partial charge in [-0.3, -0.25) is 0 Å². The molecular formula is C11H19N3OS. The summed E-state index contributed by atoms with van der Waals surface area (Å²) in [7, 11) is 0. The van der Waals surface area contributed by atoms with Gasteiger partial charge in [-0.2, -0.15) is 16.7 Å². The molecule has 1 aliphatic carbocycles. The third kappa shape index (κ3) is 4.14. The van der Waals surface area contributed by atoms with Crippen LogP contribution in [0.4, 0.5) is 0 Å². The summed E-state index contributed by atoms with van der Waals surface area (Å²) in [6.07, 6.45) is 4.69. The topological polar surface area (TPSA) is 51.0 Å². The summed E-state index contributed by atoms with van der Waals surface area (Å²) in [5.74, 6) is 3.63. The van der Waals surface area contributed by atoms with Crippen molar-refractivity contribution in [2.24, 2.45) is 0 Å². The second-order valence-corrected chi connectivity index (χ2v) is 5.24. The first kappa shape index (κ1) is 11.9. The molecule has 1 heterocycles. The lowest BCUT2D eigenvalue weighted by atomic mass is 10.4. The van der Waals surface area contributed by atoms with E-state index < -0.39 is 0 Å². The lowest BCUT2D eigenvalue weighted by Gasteiger charge is -1.97. The van der Waals surface area contributed by atoms with E-state index in [4.69, 9.17) is 4.52 Å². The van der Waals surface area contributed by atoms with Gasteiger partial charge in [0, 0.05) is 19.0 Å². The molecular weight excluding hydrogens is 222 g/mol. The van der Waals surface area contributed by atoms with Crippen LogP contribution in [0.5, 0.6) is 0 Å². The van der Waals surface area contributed by atoms with Gasteiger partial charge < -0.3 is 9.84 Å². The van der Waals surface area contributed by atoms with Gasteiger partial charge in [-0.1, -0.05) is 12.1 Å². The Bertz CT molecular complexity index is 312. The molecule has 0 spiro atoms. The van der Waals surface area contributed by atoms with Crippen molar-refractivity contribution in [2.45, 2.75) is 44.4 Å². The molecule has 0 aliphatic heterocycles. The number of aromatic nitrogens is 2. The molecule has 1 N–H and O–H groups in total. The number of hydrogen-bond donors (Lipinski definition) is 1. The van der Waals surface area contributed by atoms with E-state index in [-0.39, 0.29) is 0 Å². The van der Waals surface area contributed by atoms with E-state index in [1.54, 1.807) is 0 Å². The summed E-state index contributed by atoms with van der Waals surface area (Å²) in [6.45, 7) is 3.13. The molecule has 1 aromatic rings. The Morgan fingerprint density at radius 3 is 3.12 bits per heavy atom. The highest BCUT2D eigenvalue weighted by Gasteiger charge is 2.20. The summed E-state index contributed by atoms with van der Waals surface area (Å²) < 4.78 is 5.18. The van der Waals surface area contributed by atoms with Crippen LogP contribution in [0.2, 0.25) is 0 Å². The molecule has 0 unspecified atom stereocenters. The van der Waals surface area contributed by atoms with E-state index in [0.717, 1.165) is 42.2 Å². The second-order valence-electron chi connectivity index (χ2n) is 4.14.